The molecule has 2 heteroatoms. The third-order valence-electron chi connectivity index (χ3n) is 3.17. The Bertz CT molecular complexity index is 179. The van der Waals surface area contributed by atoms with Crippen LogP contribution in [-0.4, -0.2) is 19.1 Å². The van der Waals surface area contributed by atoms with Gasteiger partial charge in [0.25, 0.3) is 0 Å². The van der Waals surface area contributed by atoms with Crippen LogP contribution in [0.1, 0.15) is 39.0 Å². The van der Waals surface area contributed by atoms with E-state index in [-0.39, 0.29) is 0 Å². The molecule has 1 aliphatic carbocycles. The Kier molecular flexibility index (Phi) is 7.12. The van der Waals surface area contributed by atoms with Crippen LogP contribution >= 0.6 is 11.6 Å². The van der Waals surface area contributed by atoms with E-state index in [9.17, 15) is 0 Å². The molecule has 2 atom stereocenters. The van der Waals surface area contributed by atoms with Gasteiger partial charge in [-0.3, -0.25) is 0 Å². The lowest BCUT2D eigenvalue weighted by atomic mass is 9.85. The minimum absolute atomic E-state index is 0.739. The molecular formula is C13H23ClO. The van der Waals surface area contributed by atoms with E-state index in [4.69, 9.17) is 16.3 Å². The van der Waals surface area contributed by atoms with Crippen LogP contribution in [0.3, 0.4) is 0 Å². The summed E-state index contributed by atoms with van der Waals surface area (Å²) in [5.74, 6) is 2.31. The van der Waals surface area contributed by atoms with Crippen LogP contribution in [0, 0.1) is 11.8 Å². The summed E-state index contributed by atoms with van der Waals surface area (Å²) in [6.45, 7) is 4.17. The maximum atomic E-state index is 5.71. The second-order valence-corrected chi connectivity index (χ2v) is 4.88. The number of unbranched alkanes of at least 4 members (excludes halogenated alkanes) is 2. The van der Waals surface area contributed by atoms with Gasteiger partial charge in [-0.2, -0.15) is 0 Å². The van der Waals surface area contributed by atoms with E-state index in [1.165, 1.54) is 19.3 Å². The minimum Gasteiger partial charge on any atom is -0.381 e. The highest BCUT2D eigenvalue weighted by Crippen LogP contribution is 2.24. The first kappa shape index (κ1) is 13.1. The molecule has 88 valence electrons. The summed E-state index contributed by atoms with van der Waals surface area (Å²) in [5, 5.41) is 0. The van der Waals surface area contributed by atoms with E-state index in [1.807, 2.05) is 0 Å². The molecule has 0 bridgehead atoms. The summed E-state index contributed by atoms with van der Waals surface area (Å²) in [6, 6.07) is 0. The van der Waals surface area contributed by atoms with E-state index in [1.54, 1.807) is 0 Å². The van der Waals surface area contributed by atoms with Gasteiger partial charge in [-0.15, -0.1) is 11.6 Å². The number of rotatable bonds is 7. The number of halogens is 1. The van der Waals surface area contributed by atoms with Crippen LogP contribution in [0.2, 0.25) is 0 Å². The Hall–Kier alpha value is -0.0100. The van der Waals surface area contributed by atoms with Gasteiger partial charge in [0, 0.05) is 19.1 Å². The van der Waals surface area contributed by atoms with Crippen molar-refractivity contribution in [2.24, 2.45) is 11.8 Å². The Morgan fingerprint density at radius 2 is 2.00 bits per heavy atom. The first-order chi connectivity index (χ1) is 7.34. The quantitative estimate of drug-likeness (QED) is 0.365. The third kappa shape index (κ3) is 5.58. The fourth-order valence-corrected chi connectivity index (χ4v) is 2.14. The van der Waals surface area contributed by atoms with Crippen molar-refractivity contribution in [2.75, 3.05) is 19.1 Å². The predicted molar refractivity (Wildman–Crippen MR) is 66.4 cm³/mol. The first-order valence-electron chi connectivity index (χ1n) is 6.13. The summed E-state index contributed by atoms with van der Waals surface area (Å²) in [5.41, 5.74) is 0. The molecule has 0 aromatic heterocycles. The van der Waals surface area contributed by atoms with Crippen molar-refractivity contribution in [2.45, 2.75) is 39.0 Å². The third-order valence-corrected chi connectivity index (χ3v) is 3.44. The van der Waals surface area contributed by atoms with Gasteiger partial charge in [0.05, 0.1) is 0 Å². The van der Waals surface area contributed by atoms with Crippen LogP contribution in [0.4, 0.5) is 0 Å². The lowest BCUT2D eigenvalue weighted by Crippen LogP contribution is -2.19. The van der Waals surface area contributed by atoms with E-state index >= 15 is 0 Å². The fraction of sp³-hybridized carbons (Fsp3) is 0.846. The van der Waals surface area contributed by atoms with Gasteiger partial charge in [-0.1, -0.05) is 19.1 Å². The SMILES string of the molecule is CC1CC=CCC1COCCCCCCl. The molecule has 1 rings (SSSR count). The van der Waals surface area contributed by atoms with Crippen molar-refractivity contribution < 1.29 is 4.74 Å². The summed E-state index contributed by atoms with van der Waals surface area (Å²) >= 11 is 5.61. The maximum absolute atomic E-state index is 5.71. The monoisotopic (exact) mass is 230 g/mol. The zero-order chi connectivity index (χ0) is 10.9. The normalized spacial score (nSPS) is 25.7. The molecule has 0 heterocycles. The molecule has 1 aliphatic rings. The van der Waals surface area contributed by atoms with Crippen LogP contribution in [-0.2, 0) is 4.74 Å². The zero-order valence-electron chi connectivity index (χ0n) is 9.75. The van der Waals surface area contributed by atoms with Crippen LogP contribution < -0.4 is 0 Å². The molecule has 0 aliphatic heterocycles. The molecule has 0 aromatic carbocycles. The summed E-state index contributed by atoms with van der Waals surface area (Å²) < 4.78 is 5.71. The molecule has 2 unspecified atom stereocenters. The molecule has 0 aromatic rings. The molecule has 1 nitrogen and oxygen atoms in total. The van der Waals surface area contributed by atoms with Crippen molar-refractivity contribution in [1.82, 2.24) is 0 Å². The Morgan fingerprint density at radius 1 is 1.20 bits per heavy atom. The summed E-state index contributed by atoms with van der Waals surface area (Å²) in [4.78, 5) is 0. The van der Waals surface area contributed by atoms with Crippen molar-refractivity contribution in [3.05, 3.63) is 12.2 Å². The number of hydrogen-bond acceptors (Lipinski definition) is 1. The van der Waals surface area contributed by atoms with E-state index in [0.29, 0.717) is 0 Å². The zero-order valence-corrected chi connectivity index (χ0v) is 10.5. The fourth-order valence-electron chi connectivity index (χ4n) is 1.95. The molecule has 15 heavy (non-hydrogen) atoms. The van der Waals surface area contributed by atoms with Gasteiger partial charge in [-0.25, -0.2) is 0 Å². The second-order valence-electron chi connectivity index (χ2n) is 4.50. The first-order valence-corrected chi connectivity index (χ1v) is 6.66. The molecule has 0 radical (unpaired) electrons. The Morgan fingerprint density at radius 3 is 2.73 bits per heavy atom. The van der Waals surface area contributed by atoms with Crippen LogP contribution in [0.25, 0.3) is 0 Å². The standard InChI is InChI=1S/C13H23ClO/c1-12-7-3-4-8-13(12)11-15-10-6-2-5-9-14/h3-4,12-13H,2,5-11H2,1H3. The lowest BCUT2D eigenvalue weighted by molar-refractivity contribution is 0.0767. The van der Waals surface area contributed by atoms with E-state index < -0.39 is 0 Å². The highest BCUT2D eigenvalue weighted by molar-refractivity contribution is 6.17. The van der Waals surface area contributed by atoms with Crippen LogP contribution in [0.15, 0.2) is 12.2 Å². The second kappa shape index (κ2) is 8.18. The summed E-state index contributed by atoms with van der Waals surface area (Å²) in [6.07, 6.45) is 10.5. The Balaban J connectivity index is 1.97. The van der Waals surface area contributed by atoms with Crippen molar-refractivity contribution in [1.29, 1.82) is 0 Å². The molecule has 0 fully saturated rings. The van der Waals surface area contributed by atoms with Gasteiger partial charge in [0.1, 0.15) is 0 Å². The lowest BCUT2D eigenvalue weighted by Gasteiger charge is -2.24. The van der Waals surface area contributed by atoms with E-state index in [0.717, 1.165) is 43.8 Å². The molecule has 0 saturated carbocycles. The van der Waals surface area contributed by atoms with Gasteiger partial charge in [-0.05, 0) is 43.9 Å². The molecule has 0 amide bonds. The van der Waals surface area contributed by atoms with Crippen molar-refractivity contribution >= 4 is 11.6 Å². The average molecular weight is 231 g/mol. The van der Waals surface area contributed by atoms with Crippen molar-refractivity contribution in [3.63, 3.8) is 0 Å². The number of hydrogen-bond donors (Lipinski definition) is 0. The topological polar surface area (TPSA) is 9.23 Å². The Labute approximate surface area is 98.8 Å². The number of allylic oxidation sites excluding steroid dienone is 2. The molecule has 0 saturated heterocycles. The van der Waals surface area contributed by atoms with Gasteiger partial charge < -0.3 is 4.74 Å². The maximum Gasteiger partial charge on any atom is 0.0499 e. The van der Waals surface area contributed by atoms with Gasteiger partial charge >= 0.3 is 0 Å². The minimum atomic E-state index is 0.739. The van der Waals surface area contributed by atoms with Gasteiger partial charge in [0.15, 0.2) is 0 Å². The van der Waals surface area contributed by atoms with Crippen molar-refractivity contribution in [3.8, 4) is 0 Å². The highest BCUT2D eigenvalue weighted by Gasteiger charge is 2.17. The van der Waals surface area contributed by atoms with Gasteiger partial charge in [0.2, 0.25) is 0 Å². The number of ether oxygens (including phenoxy) is 1. The largest absolute Gasteiger partial charge is 0.381 e. The smallest absolute Gasteiger partial charge is 0.0499 e. The number of alkyl halides is 1. The highest BCUT2D eigenvalue weighted by atomic mass is 35.5. The summed E-state index contributed by atoms with van der Waals surface area (Å²) in [7, 11) is 0. The predicted octanol–water partition coefficient (Wildman–Crippen LogP) is 4.01. The molecule has 0 N–H and O–H groups in total. The molecule has 0 spiro atoms. The van der Waals surface area contributed by atoms with Crippen LogP contribution in [0.5, 0.6) is 0 Å². The van der Waals surface area contributed by atoms with E-state index in [2.05, 4.69) is 19.1 Å². The molecular weight excluding hydrogens is 208 g/mol. The average Bonchev–Trinajstić information content (AvgIpc) is 2.25.